The van der Waals surface area contributed by atoms with Gasteiger partial charge in [-0.05, 0) is 18.6 Å². The molecule has 6 heteroatoms. The van der Waals surface area contributed by atoms with Gasteiger partial charge in [-0.3, -0.25) is 0 Å². The molecule has 1 aromatic carbocycles. The molecular formula is C18H14N4OS. The molecule has 0 aliphatic carbocycles. The summed E-state index contributed by atoms with van der Waals surface area (Å²) >= 11 is 1.50. The summed E-state index contributed by atoms with van der Waals surface area (Å²) in [7, 11) is 0. The van der Waals surface area contributed by atoms with Crippen molar-refractivity contribution in [2.75, 3.05) is 5.32 Å². The smallest absolute Gasteiger partial charge is 0.188 e. The Balaban J connectivity index is 1.55. The van der Waals surface area contributed by atoms with Gasteiger partial charge in [0.25, 0.3) is 0 Å². The molecule has 0 spiro atoms. The Bertz CT molecular complexity index is 945. The van der Waals surface area contributed by atoms with Gasteiger partial charge in [0.15, 0.2) is 10.9 Å². The van der Waals surface area contributed by atoms with Crippen LogP contribution in [0.5, 0.6) is 0 Å². The second-order valence-corrected chi connectivity index (χ2v) is 6.18. The minimum Gasteiger partial charge on any atom is -0.354 e. The van der Waals surface area contributed by atoms with Crippen LogP contribution in [0.3, 0.4) is 0 Å². The highest BCUT2D eigenvalue weighted by Crippen LogP contribution is 2.29. The molecule has 0 amide bonds. The van der Waals surface area contributed by atoms with E-state index in [0.29, 0.717) is 5.76 Å². The van der Waals surface area contributed by atoms with E-state index in [9.17, 15) is 0 Å². The van der Waals surface area contributed by atoms with E-state index in [4.69, 9.17) is 4.52 Å². The molecule has 0 atom stereocenters. The van der Waals surface area contributed by atoms with Crippen molar-refractivity contribution in [2.24, 2.45) is 0 Å². The van der Waals surface area contributed by atoms with Gasteiger partial charge in [0.2, 0.25) is 0 Å². The number of nitrogens with zero attached hydrogens (tertiary/aromatic N) is 3. The molecule has 0 fully saturated rings. The lowest BCUT2D eigenvalue weighted by molar-refractivity contribution is 0.434. The zero-order valence-corrected chi connectivity index (χ0v) is 13.7. The fourth-order valence-electron chi connectivity index (χ4n) is 2.24. The SMILES string of the molecule is Cc1ccc(Nc2nc(-c3cc(-c4ccccc4)no3)cs2)nc1. The summed E-state index contributed by atoms with van der Waals surface area (Å²) < 4.78 is 5.44. The predicted molar refractivity (Wildman–Crippen MR) is 95.3 cm³/mol. The van der Waals surface area contributed by atoms with Gasteiger partial charge in [0.05, 0.1) is 0 Å². The van der Waals surface area contributed by atoms with E-state index in [1.807, 2.05) is 67.0 Å². The van der Waals surface area contributed by atoms with Gasteiger partial charge < -0.3 is 9.84 Å². The minimum atomic E-state index is 0.648. The maximum atomic E-state index is 5.44. The number of benzene rings is 1. The number of anilines is 2. The van der Waals surface area contributed by atoms with Gasteiger partial charge in [-0.25, -0.2) is 9.97 Å². The molecule has 3 heterocycles. The third-order valence-corrected chi connectivity index (χ3v) is 4.24. The first-order valence-electron chi connectivity index (χ1n) is 7.46. The maximum absolute atomic E-state index is 5.44. The van der Waals surface area contributed by atoms with E-state index in [0.717, 1.165) is 33.5 Å². The summed E-state index contributed by atoms with van der Waals surface area (Å²) in [5.74, 6) is 1.42. The van der Waals surface area contributed by atoms with Crippen molar-refractivity contribution in [1.82, 2.24) is 15.1 Å². The van der Waals surface area contributed by atoms with Crippen LogP contribution in [0.1, 0.15) is 5.56 Å². The average molecular weight is 334 g/mol. The summed E-state index contributed by atoms with van der Waals surface area (Å²) in [4.78, 5) is 8.86. The van der Waals surface area contributed by atoms with Crippen LogP contribution in [-0.2, 0) is 0 Å². The normalized spacial score (nSPS) is 10.7. The summed E-state index contributed by atoms with van der Waals surface area (Å²) in [6.07, 6.45) is 1.82. The molecule has 1 N–H and O–H groups in total. The van der Waals surface area contributed by atoms with Crippen molar-refractivity contribution >= 4 is 22.3 Å². The van der Waals surface area contributed by atoms with Crippen molar-refractivity contribution in [3.8, 4) is 22.7 Å². The molecule has 0 aliphatic heterocycles. The van der Waals surface area contributed by atoms with Crippen molar-refractivity contribution in [1.29, 1.82) is 0 Å². The molecular weight excluding hydrogens is 320 g/mol. The fourth-order valence-corrected chi connectivity index (χ4v) is 2.94. The molecule has 118 valence electrons. The first-order chi connectivity index (χ1) is 11.8. The first kappa shape index (κ1) is 14.6. The highest BCUT2D eigenvalue weighted by atomic mass is 32.1. The average Bonchev–Trinajstić information content (AvgIpc) is 3.27. The molecule has 5 nitrogen and oxygen atoms in total. The van der Waals surface area contributed by atoms with Crippen molar-refractivity contribution in [2.45, 2.75) is 6.92 Å². The Morgan fingerprint density at radius 2 is 1.92 bits per heavy atom. The Hall–Kier alpha value is -2.99. The van der Waals surface area contributed by atoms with Gasteiger partial charge in [-0.15, -0.1) is 11.3 Å². The maximum Gasteiger partial charge on any atom is 0.188 e. The lowest BCUT2D eigenvalue weighted by atomic mass is 10.1. The molecule has 4 aromatic rings. The number of pyridine rings is 1. The molecule has 0 saturated heterocycles. The van der Waals surface area contributed by atoms with E-state index < -0.39 is 0 Å². The van der Waals surface area contributed by atoms with E-state index in [1.165, 1.54) is 11.3 Å². The summed E-state index contributed by atoms with van der Waals surface area (Å²) in [5.41, 5.74) is 3.69. The Labute approximate surface area is 143 Å². The molecule has 24 heavy (non-hydrogen) atoms. The quantitative estimate of drug-likeness (QED) is 0.574. The highest BCUT2D eigenvalue weighted by molar-refractivity contribution is 7.14. The van der Waals surface area contributed by atoms with Crippen LogP contribution in [0, 0.1) is 6.92 Å². The van der Waals surface area contributed by atoms with Crippen LogP contribution in [-0.4, -0.2) is 15.1 Å². The Morgan fingerprint density at radius 1 is 1.04 bits per heavy atom. The number of aromatic nitrogens is 3. The van der Waals surface area contributed by atoms with Crippen molar-refractivity contribution in [3.63, 3.8) is 0 Å². The number of aryl methyl sites for hydroxylation is 1. The predicted octanol–water partition coefficient (Wildman–Crippen LogP) is 4.91. The van der Waals surface area contributed by atoms with Crippen molar-refractivity contribution < 1.29 is 4.52 Å². The Kier molecular flexibility index (Phi) is 3.80. The molecule has 0 unspecified atom stereocenters. The summed E-state index contributed by atoms with van der Waals surface area (Å²) in [6, 6.07) is 15.8. The molecule has 4 rings (SSSR count). The van der Waals surface area contributed by atoms with Gasteiger partial charge in [-0.1, -0.05) is 41.6 Å². The summed E-state index contributed by atoms with van der Waals surface area (Å²) in [6.45, 7) is 2.01. The molecule has 0 saturated carbocycles. The summed E-state index contributed by atoms with van der Waals surface area (Å²) in [5, 5.41) is 10.0. The van der Waals surface area contributed by atoms with Crippen molar-refractivity contribution in [3.05, 3.63) is 65.7 Å². The van der Waals surface area contributed by atoms with Gasteiger partial charge in [0.1, 0.15) is 17.2 Å². The number of nitrogens with one attached hydrogen (secondary N) is 1. The second-order valence-electron chi connectivity index (χ2n) is 5.33. The van der Waals surface area contributed by atoms with E-state index in [1.54, 1.807) is 0 Å². The van der Waals surface area contributed by atoms with E-state index in [2.05, 4.69) is 20.4 Å². The third-order valence-electron chi connectivity index (χ3n) is 3.48. The lowest BCUT2D eigenvalue weighted by Gasteiger charge is -2.00. The lowest BCUT2D eigenvalue weighted by Crippen LogP contribution is -1.92. The first-order valence-corrected chi connectivity index (χ1v) is 8.33. The second kappa shape index (κ2) is 6.25. The fraction of sp³-hybridized carbons (Fsp3) is 0.0556. The van der Waals surface area contributed by atoms with Crippen LogP contribution < -0.4 is 5.32 Å². The number of hydrogen-bond donors (Lipinski definition) is 1. The van der Waals surface area contributed by atoms with Crippen LogP contribution in [0.4, 0.5) is 10.9 Å². The van der Waals surface area contributed by atoms with Crippen LogP contribution in [0.2, 0.25) is 0 Å². The molecule has 0 aliphatic rings. The van der Waals surface area contributed by atoms with E-state index >= 15 is 0 Å². The monoisotopic (exact) mass is 334 g/mol. The number of hydrogen-bond acceptors (Lipinski definition) is 6. The van der Waals surface area contributed by atoms with Crippen LogP contribution >= 0.6 is 11.3 Å². The standard InChI is InChI=1S/C18H14N4OS/c1-12-7-8-17(19-10-12)21-18-20-15(11-24-18)16-9-14(22-23-16)13-5-3-2-4-6-13/h2-11H,1H3,(H,19,20,21). The Morgan fingerprint density at radius 3 is 2.71 bits per heavy atom. The zero-order valence-electron chi connectivity index (χ0n) is 12.9. The van der Waals surface area contributed by atoms with E-state index in [-0.39, 0.29) is 0 Å². The topological polar surface area (TPSA) is 63.8 Å². The largest absolute Gasteiger partial charge is 0.354 e. The van der Waals surface area contributed by atoms with Crippen LogP contribution in [0.15, 0.2) is 64.6 Å². The van der Waals surface area contributed by atoms with Gasteiger partial charge in [0, 0.05) is 23.2 Å². The van der Waals surface area contributed by atoms with Crippen LogP contribution in [0.25, 0.3) is 22.7 Å². The number of thiazole rings is 1. The zero-order chi connectivity index (χ0) is 16.4. The molecule has 3 aromatic heterocycles. The molecule has 0 radical (unpaired) electrons. The third kappa shape index (κ3) is 3.04. The minimum absolute atomic E-state index is 0.648. The molecule has 0 bridgehead atoms. The highest BCUT2D eigenvalue weighted by Gasteiger charge is 2.12. The van der Waals surface area contributed by atoms with Gasteiger partial charge in [-0.2, -0.15) is 0 Å². The van der Waals surface area contributed by atoms with Gasteiger partial charge >= 0.3 is 0 Å². The number of rotatable bonds is 4.